The molecule has 2 unspecified atom stereocenters. The lowest BCUT2D eigenvalue weighted by Gasteiger charge is -2.38. The fourth-order valence-electron chi connectivity index (χ4n) is 3.19. The summed E-state index contributed by atoms with van der Waals surface area (Å²) in [6, 6.07) is 1.21. The molecule has 144 valence electrons. The van der Waals surface area contributed by atoms with Gasteiger partial charge in [-0.05, 0) is 39.2 Å². The second kappa shape index (κ2) is 11.3. The standard InChI is InChI=1S/C18H33N5S.HI/c1-13(2)16-12-24-17(22-16)11-21-18(19-5)20-10-15(4)23-9-7-6-8-14(23)3;/h12-15H,6-11H2,1-5H3,(H2,19,20,21);1H. The van der Waals surface area contributed by atoms with Gasteiger partial charge < -0.3 is 10.6 Å². The maximum Gasteiger partial charge on any atom is 0.191 e. The van der Waals surface area contributed by atoms with Crippen molar-refractivity contribution in [1.82, 2.24) is 20.5 Å². The lowest BCUT2D eigenvalue weighted by Crippen LogP contribution is -2.50. The predicted molar refractivity (Wildman–Crippen MR) is 119 cm³/mol. The summed E-state index contributed by atoms with van der Waals surface area (Å²) < 4.78 is 0. The van der Waals surface area contributed by atoms with Gasteiger partial charge in [0, 0.05) is 31.1 Å². The van der Waals surface area contributed by atoms with E-state index < -0.39 is 0 Å². The van der Waals surface area contributed by atoms with Gasteiger partial charge in [0.1, 0.15) is 5.01 Å². The van der Waals surface area contributed by atoms with Gasteiger partial charge in [-0.3, -0.25) is 9.89 Å². The van der Waals surface area contributed by atoms with Crippen molar-refractivity contribution in [2.24, 2.45) is 4.99 Å². The summed E-state index contributed by atoms with van der Waals surface area (Å²) in [5, 5.41) is 10.1. The van der Waals surface area contributed by atoms with E-state index >= 15 is 0 Å². The summed E-state index contributed by atoms with van der Waals surface area (Å²) in [5.41, 5.74) is 1.17. The topological polar surface area (TPSA) is 52.6 Å². The second-order valence-corrected chi connectivity index (χ2v) is 8.00. The van der Waals surface area contributed by atoms with Crippen molar-refractivity contribution in [2.75, 3.05) is 20.1 Å². The number of nitrogens with one attached hydrogen (secondary N) is 2. The average molecular weight is 479 g/mol. The molecular formula is C18H34IN5S. The van der Waals surface area contributed by atoms with E-state index in [4.69, 9.17) is 0 Å². The molecule has 0 amide bonds. The first-order valence-corrected chi connectivity index (χ1v) is 10.0. The van der Waals surface area contributed by atoms with E-state index in [2.05, 4.69) is 58.6 Å². The molecule has 0 spiro atoms. The smallest absolute Gasteiger partial charge is 0.191 e. The highest BCUT2D eigenvalue weighted by molar-refractivity contribution is 14.0. The van der Waals surface area contributed by atoms with Crippen LogP contribution in [0.2, 0.25) is 0 Å². The number of nitrogens with zero attached hydrogens (tertiary/aromatic N) is 3. The number of rotatable bonds is 6. The Bertz CT molecular complexity index is 531. The Hall–Kier alpha value is -0.410. The Balaban J connectivity index is 0.00000312. The second-order valence-electron chi connectivity index (χ2n) is 7.06. The average Bonchev–Trinajstić information content (AvgIpc) is 3.04. The van der Waals surface area contributed by atoms with Crippen LogP contribution in [-0.2, 0) is 6.54 Å². The fourth-order valence-corrected chi connectivity index (χ4v) is 4.08. The number of thiazole rings is 1. The molecule has 2 heterocycles. The molecule has 0 radical (unpaired) electrons. The molecule has 25 heavy (non-hydrogen) atoms. The van der Waals surface area contributed by atoms with Crippen LogP contribution < -0.4 is 10.6 Å². The van der Waals surface area contributed by atoms with E-state index in [-0.39, 0.29) is 24.0 Å². The molecular weight excluding hydrogens is 445 g/mol. The first-order valence-electron chi connectivity index (χ1n) is 9.15. The summed E-state index contributed by atoms with van der Waals surface area (Å²) in [5.74, 6) is 1.34. The van der Waals surface area contributed by atoms with Gasteiger partial charge in [-0.1, -0.05) is 20.3 Å². The number of piperidine rings is 1. The largest absolute Gasteiger partial charge is 0.355 e. The molecule has 1 aromatic rings. The minimum Gasteiger partial charge on any atom is -0.355 e. The Kier molecular flexibility index (Phi) is 10.3. The van der Waals surface area contributed by atoms with Crippen LogP contribution in [0.25, 0.3) is 0 Å². The molecule has 0 aliphatic carbocycles. The van der Waals surface area contributed by atoms with Crippen LogP contribution in [0.5, 0.6) is 0 Å². The molecule has 0 bridgehead atoms. The van der Waals surface area contributed by atoms with Crippen molar-refractivity contribution in [1.29, 1.82) is 0 Å². The lowest BCUT2D eigenvalue weighted by atomic mass is 10.0. The van der Waals surface area contributed by atoms with E-state index in [1.54, 1.807) is 11.3 Å². The van der Waals surface area contributed by atoms with Crippen molar-refractivity contribution in [3.63, 3.8) is 0 Å². The van der Waals surface area contributed by atoms with Crippen molar-refractivity contribution in [2.45, 2.75) is 71.5 Å². The number of aromatic nitrogens is 1. The number of halogens is 1. The van der Waals surface area contributed by atoms with Crippen LogP contribution in [0, 0.1) is 0 Å². The molecule has 2 N–H and O–H groups in total. The molecule has 5 nitrogen and oxygen atoms in total. The third kappa shape index (κ3) is 7.02. The number of hydrogen-bond donors (Lipinski definition) is 2. The highest BCUT2D eigenvalue weighted by Crippen LogP contribution is 2.19. The van der Waals surface area contributed by atoms with Gasteiger partial charge >= 0.3 is 0 Å². The summed E-state index contributed by atoms with van der Waals surface area (Å²) in [7, 11) is 1.82. The molecule has 1 aliphatic rings. The number of likely N-dealkylation sites (tertiary alicyclic amines) is 1. The maximum atomic E-state index is 4.66. The van der Waals surface area contributed by atoms with E-state index in [9.17, 15) is 0 Å². The number of aliphatic imine (C=N–C) groups is 1. The van der Waals surface area contributed by atoms with Crippen LogP contribution >= 0.6 is 35.3 Å². The van der Waals surface area contributed by atoms with Crippen LogP contribution in [0.3, 0.4) is 0 Å². The zero-order chi connectivity index (χ0) is 17.5. The van der Waals surface area contributed by atoms with Crippen molar-refractivity contribution < 1.29 is 0 Å². The molecule has 7 heteroatoms. The molecule has 1 saturated heterocycles. The Morgan fingerprint density at radius 2 is 2.12 bits per heavy atom. The fraction of sp³-hybridized carbons (Fsp3) is 0.778. The van der Waals surface area contributed by atoms with Crippen molar-refractivity contribution in [3.05, 3.63) is 16.1 Å². The predicted octanol–water partition coefficient (Wildman–Crippen LogP) is 3.81. The normalized spacial score (nSPS) is 20.2. The molecule has 0 aromatic carbocycles. The molecule has 0 saturated carbocycles. The van der Waals surface area contributed by atoms with E-state index in [0.29, 0.717) is 18.0 Å². The Morgan fingerprint density at radius 1 is 1.36 bits per heavy atom. The van der Waals surface area contributed by atoms with Crippen LogP contribution in [0.1, 0.15) is 63.6 Å². The molecule has 1 fully saturated rings. The van der Waals surface area contributed by atoms with E-state index in [1.807, 2.05) is 7.05 Å². The van der Waals surface area contributed by atoms with Crippen LogP contribution in [0.4, 0.5) is 0 Å². The van der Waals surface area contributed by atoms with Crippen LogP contribution in [-0.4, -0.2) is 48.1 Å². The number of guanidine groups is 1. The monoisotopic (exact) mass is 479 g/mol. The maximum absolute atomic E-state index is 4.66. The molecule has 2 rings (SSSR count). The van der Waals surface area contributed by atoms with Gasteiger partial charge in [-0.2, -0.15) is 0 Å². The van der Waals surface area contributed by atoms with Crippen molar-refractivity contribution in [3.8, 4) is 0 Å². The summed E-state index contributed by atoms with van der Waals surface area (Å²) in [6.45, 7) is 11.9. The molecule has 2 atom stereocenters. The molecule has 1 aliphatic heterocycles. The number of hydrogen-bond acceptors (Lipinski definition) is 4. The summed E-state index contributed by atoms with van der Waals surface area (Å²) >= 11 is 1.71. The van der Waals surface area contributed by atoms with Gasteiger partial charge in [0.15, 0.2) is 5.96 Å². The first-order chi connectivity index (χ1) is 11.5. The van der Waals surface area contributed by atoms with Gasteiger partial charge in [0.2, 0.25) is 0 Å². The highest BCUT2D eigenvalue weighted by Gasteiger charge is 2.22. The molecule has 1 aromatic heterocycles. The Morgan fingerprint density at radius 3 is 2.72 bits per heavy atom. The lowest BCUT2D eigenvalue weighted by molar-refractivity contribution is 0.115. The highest BCUT2D eigenvalue weighted by atomic mass is 127. The van der Waals surface area contributed by atoms with Gasteiger partial charge in [-0.15, -0.1) is 35.3 Å². The Labute approximate surface area is 174 Å². The summed E-state index contributed by atoms with van der Waals surface area (Å²) in [4.78, 5) is 11.6. The summed E-state index contributed by atoms with van der Waals surface area (Å²) in [6.07, 6.45) is 4.01. The first kappa shape index (κ1) is 22.6. The zero-order valence-electron chi connectivity index (χ0n) is 16.2. The third-order valence-electron chi connectivity index (χ3n) is 4.78. The van der Waals surface area contributed by atoms with E-state index in [1.165, 1.54) is 31.5 Å². The minimum atomic E-state index is 0. The van der Waals surface area contributed by atoms with Crippen molar-refractivity contribution >= 4 is 41.3 Å². The quantitative estimate of drug-likeness (QED) is 0.370. The zero-order valence-corrected chi connectivity index (χ0v) is 19.4. The van der Waals surface area contributed by atoms with Gasteiger partial charge in [0.25, 0.3) is 0 Å². The minimum absolute atomic E-state index is 0. The van der Waals surface area contributed by atoms with Crippen LogP contribution in [0.15, 0.2) is 10.4 Å². The van der Waals surface area contributed by atoms with Gasteiger partial charge in [-0.25, -0.2) is 4.98 Å². The SMILES string of the molecule is CN=C(NCc1nc(C(C)C)cs1)NCC(C)N1CCCCC1C.I. The van der Waals surface area contributed by atoms with Gasteiger partial charge in [0.05, 0.1) is 12.2 Å². The van der Waals surface area contributed by atoms with E-state index in [0.717, 1.165) is 24.1 Å². The third-order valence-corrected chi connectivity index (χ3v) is 5.64.